The number of aromatic nitrogens is 1. The van der Waals surface area contributed by atoms with E-state index in [-0.39, 0.29) is 5.91 Å². The Balaban J connectivity index is 1.69. The molecule has 0 atom stereocenters. The van der Waals surface area contributed by atoms with Crippen LogP contribution in [-0.2, 0) is 6.61 Å². The molecule has 0 saturated heterocycles. The number of hydrogen-bond donors (Lipinski definition) is 1. The van der Waals surface area contributed by atoms with Gasteiger partial charge in [-0.3, -0.25) is 9.78 Å². The molecule has 6 nitrogen and oxygen atoms in total. The molecule has 1 aromatic heterocycles. The number of anilines is 1. The largest absolute Gasteiger partial charge is 0.497 e. The average molecular weight is 364 g/mol. The van der Waals surface area contributed by atoms with Crippen LogP contribution in [0.1, 0.15) is 16.1 Å². The Hall–Kier alpha value is -3.54. The molecule has 0 fully saturated rings. The fraction of sp³-hybridized carbons (Fsp3) is 0.143. The highest BCUT2D eigenvalue weighted by molar-refractivity contribution is 6.06. The van der Waals surface area contributed by atoms with Crippen LogP contribution in [0, 0.1) is 0 Å². The lowest BCUT2D eigenvalue weighted by Crippen LogP contribution is -2.13. The minimum atomic E-state index is -0.281. The molecule has 1 N–H and O–H groups in total. The SMILES string of the molecule is COc1ccc(C(=O)Nc2cccc(OCc3ccccn3)c2)c(OC)c1. The number of benzene rings is 2. The molecular weight excluding hydrogens is 344 g/mol. The lowest BCUT2D eigenvalue weighted by atomic mass is 10.1. The fourth-order valence-electron chi connectivity index (χ4n) is 2.49. The molecular formula is C21H20N2O4. The lowest BCUT2D eigenvalue weighted by Gasteiger charge is -2.12. The van der Waals surface area contributed by atoms with Crippen molar-refractivity contribution in [3.05, 3.63) is 78.1 Å². The Morgan fingerprint density at radius 3 is 2.59 bits per heavy atom. The molecule has 0 unspecified atom stereocenters. The second kappa shape index (κ2) is 8.71. The van der Waals surface area contributed by atoms with Gasteiger partial charge in [0.05, 0.1) is 25.5 Å². The third-order valence-corrected chi connectivity index (χ3v) is 3.86. The molecule has 27 heavy (non-hydrogen) atoms. The molecule has 138 valence electrons. The van der Waals surface area contributed by atoms with E-state index in [1.165, 1.54) is 7.11 Å². The number of nitrogens with zero attached hydrogens (tertiary/aromatic N) is 1. The molecule has 1 heterocycles. The van der Waals surface area contributed by atoms with Gasteiger partial charge in [0.25, 0.3) is 5.91 Å². The summed E-state index contributed by atoms with van der Waals surface area (Å²) in [5, 5.41) is 2.85. The number of carbonyl (C=O) groups is 1. The standard InChI is InChI=1S/C21H20N2O4/c1-25-17-9-10-19(20(13-17)26-2)21(24)23-15-7-5-8-18(12-15)27-14-16-6-3-4-11-22-16/h3-13H,14H2,1-2H3,(H,23,24). The minimum Gasteiger partial charge on any atom is -0.497 e. The van der Waals surface area contributed by atoms with Gasteiger partial charge in [-0.05, 0) is 36.4 Å². The summed E-state index contributed by atoms with van der Waals surface area (Å²) in [6, 6.07) is 17.9. The van der Waals surface area contributed by atoms with Gasteiger partial charge in [-0.25, -0.2) is 0 Å². The summed E-state index contributed by atoms with van der Waals surface area (Å²) in [4.78, 5) is 16.8. The minimum absolute atomic E-state index is 0.281. The van der Waals surface area contributed by atoms with Gasteiger partial charge < -0.3 is 19.5 Å². The Morgan fingerprint density at radius 2 is 1.85 bits per heavy atom. The number of ether oxygens (including phenoxy) is 3. The molecule has 0 aliphatic heterocycles. The van der Waals surface area contributed by atoms with Crippen molar-refractivity contribution in [2.45, 2.75) is 6.61 Å². The van der Waals surface area contributed by atoms with Crippen LogP contribution in [0.5, 0.6) is 17.2 Å². The zero-order chi connectivity index (χ0) is 19.1. The zero-order valence-corrected chi connectivity index (χ0v) is 15.1. The van der Waals surface area contributed by atoms with Crippen molar-refractivity contribution in [3.63, 3.8) is 0 Å². The highest BCUT2D eigenvalue weighted by atomic mass is 16.5. The third kappa shape index (κ3) is 4.76. The smallest absolute Gasteiger partial charge is 0.259 e. The Labute approximate surface area is 157 Å². The van der Waals surface area contributed by atoms with Crippen molar-refractivity contribution in [1.29, 1.82) is 0 Å². The van der Waals surface area contributed by atoms with Crippen molar-refractivity contribution in [3.8, 4) is 17.2 Å². The monoisotopic (exact) mass is 364 g/mol. The van der Waals surface area contributed by atoms with Crippen molar-refractivity contribution >= 4 is 11.6 Å². The van der Waals surface area contributed by atoms with Crippen molar-refractivity contribution in [2.24, 2.45) is 0 Å². The average Bonchev–Trinajstić information content (AvgIpc) is 2.72. The first-order valence-electron chi connectivity index (χ1n) is 8.36. The molecule has 0 bridgehead atoms. The zero-order valence-electron chi connectivity index (χ0n) is 15.1. The molecule has 0 aliphatic rings. The topological polar surface area (TPSA) is 69.7 Å². The van der Waals surface area contributed by atoms with E-state index in [2.05, 4.69) is 10.3 Å². The summed E-state index contributed by atoms with van der Waals surface area (Å²) in [7, 11) is 3.07. The van der Waals surface area contributed by atoms with Crippen LogP contribution in [0.3, 0.4) is 0 Å². The first-order chi connectivity index (χ1) is 13.2. The molecule has 6 heteroatoms. The van der Waals surface area contributed by atoms with Crippen molar-refractivity contribution < 1.29 is 19.0 Å². The Morgan fingerprint density at radius 1 is 0.963 bits per heavy atom. The summed E-state index contributed by atoms with van der Waals surface area (Å²) in [6.45, 7) is 0.352. The summed E-state index contributed by atoms with van der Waals surface area (Å²) in [5.74, 6) is 1.42. The number of nitrogens with one attached hydrogen (secondary N) is 1. The number of carbonyl (C=O) groups excluding carboxylic acids is 1. The molecule has 3 aromatic rings. The second-order valence-corrected chi connectivity index (χ2v) is 5.66. The van der Waals surface area contributed by atoms with Crippen LogP contribution in [0.2, 0.25) is 0 Å². The maximum absolute atomic E-state index is 12.6. The van der Waals surface area contributed by atoms with E-state index in [1.54, 1.807) is 43.6 Å². The first kappa shape index (κ1) is 18.3. The molecule has 3 rings (SSSR count). The van der Waals surface area contributed by atoms with Crippen molar-refractivity contribution in [1.82, 2.24) is 4.98 Å². The van der Waals surface area contributed by atoms with Crippen LogP contribution in [0.15, 0.2) is 66.9 Å². The van der Waals surface area contributed by atoms with Gasteiger partial charge in [0, 0.05) is 24.0 Å². The fourth-order valence-corrected chi connectivity index (χ4v) is 2.49. The summed E-state index contributed by atoms with van der Waals surface area (Å²) >= 11 is 0. The van der Waals surface area contributed by atoms with E-state index in [4.69, 9.17) is 14.2 Å². The highest BCUT2D eigenvalue weighted by Gasteiger charge is 2.14. The molecule has 1 amide bonds. The molecule has 0 saturated carbocycles. The van der Waals surface area contributed by atoms with Crippen LogP contribution in [0.4, 0.5) is 5.69 Å². The number of methoxy groups -OCH3 is 2. The van der Waals surface area contributed by atoms with Crippen LogP contribution in [-0.4, -0.2) is 25.1 Å². The van der Waals surface area contributed by atoms with E-state index in [1.807, 2.05) is 30.3 Å². The van der Waals surface area contributed by atoms with Crippen LogP contribution in [0.25, 0.3) is 0 Å². The van der Waals surface area contributed by atoms with Crippen molar-refractivity contribution in [2.75, 3.05) is 19.5 Å². The van der Waals surface area contributed by atoms with Gasteiger partial charge in [-0.15, -0.1) is 0 Å². The number of amides is 1. The van der Waals surface area contributed by atoms with Gasteiger partial charge in [0.1, 0.15) is 23.9 Å². The molecule has 0 spiro atoms. The third-order valence-electron chi connectivity index (χ3n) is 3.86. The van der Waals surface area contributed by atoms with E-state index < -0.39 is 0 Å². The van der Waals surface area contributed by atoms with Gasteiger partial charge in [0.15, 0.2) is 0 Å². The first-order valence-corrected chi connectivity index (χ1v) is 8.36. The summed E-state index contributed by atoms with van der Waals surface area (Å²) < 4.78 is 16.2. The molecule has 0 aliphatic carbocycles. The normalized spacial score (nSPS) is 10.1. The number of pyridine rings is 1. The van der Waals surface area contributed by atoms with E-state index in [0.29, 0.717) is 35.1 Å². The van der Waals surface area contributed by atoms with Gasteiger partial charge in [-0.1, -0.05) is 12.1 Å². The highest BCUT2D eigenvalue weighted by Crippen LogP contribution is 2.26. The maximum Gasteiger partial charge on any atom is 0.259 e. The summed E-state index contributed by atoms with van der Waals surface area (Å²) in [6.07, 6.45) is 1.72. The van der Waals surface area contributed by atoms with E-state index >= 15 is 0 Å². The van der Waals surface area contributed by atoms with E-state index in [9.17, 15) is 4.79 Å². The quantitative estimate of drug-likeness (QED) is 0.688. The van der Waals surface area contributed by atoms with Gasteiger partial charge >= 0.3 is 0 Å². The van der Waals surface area contributed by atoms with Crippen LogP contribution < -0.4 is 19.5 Å². The summed E-state index contributed by atoms with van der Waals surface area (Å²) in [5.41, 5.74) is 1.87. The predicted octanol–water partition coefficient (Wildman–Crippen LogP) is 3.93. The predicted molar refractivity (Wildman–Crippen MR) is 103 cm³/mol. The van der Waals surface area contributed by atoms with E-state index in [0.717, 1.165) is 5.69 Å². The molecule has 0 radical (unpaired) electrons. The Kier molecular flexibility index (Phi) is 5.89. The maximum atomic E-state index is 12.6. The number of hydrogen-bond acceptors (Lipinski definition) is 5. The van der Waals surface area contributed by atoms with Gasteiger partial charge in [0.2, 0.25) is 0 Å². The molecule has 2 aromatic carbocycles. The Bertz CT molecular complexity index is 913. The second-order valence-electron chi connectivity index (χ2n) is 5.66. The van der Waals surface area contributed by atoms with Crippen LogP contribution >= 0.6 is 0 Å². The lowest BCUT2D eigenvalue weighted by molar-refractivity contribution is 0.102. The number of rotatable bonds is 7. The van der Waals surface area contributed by atoms with Gasteiger partial charge in [-0.2, -0.15) is 0 Å².